The van der Waals surface area contributed by atoms with E-state index in [0.29, 0.717) is 11.6 Å². The minimum Gasteiger partial charge on any atom is -0.481 e. The largest absolute Gasteiger partial charge is 0.481 e. The molecule has 0 atom stereocenters. The summed E-state index contributed by atoms with van der Waals surface area (Å²) in [5.41, 5.74) is 0.624. The molecule has 1 heterocycles. The highest BCUT2D eigenvalue weighted by molar-refractivity contribution is 5.69. The van der Waals surface area contributed by atoms with Crippen molar-refractivity contribution in [2.24, 2.45) is 7.05 Å². The fourth-order valence-electron chi connectivity index (χ4n) is 1.32. The van der Waals surface area contributed by atoms with Gasteiger partial charge in [0.2, 0.25) is 0 Å². The average Bonchev–Trinajstić information content (AvgIpc) is 2.29. The monoisotopic (exact) mass is 182 g/mol. The normalized spacial score (nSPS) is 10.8. The number of imidazole rings is 1. The van der Waals surface area contributed by atoms with Crippen molar-refractivity contribution < 1.29 is 9.90 Å². The maximum atomic E-state index is 10.4. The van der Waals surface area contributed by atoms with Gasteiger partial charge < -0.3 is 9.67 Å². The van der Waals surface area contributed by atoms with Gasteiger partial charge in [0.1, 0.15) is 5.82 Å². The minimum atomic E-state index is -0.839. The summed E-state index contributed by atoms with van der Waals surface area (Å²) < 4.78 is 1.88. The van der Waals surface area contributed by atoms with E-state index in [1.54, 1.807) is 6.20 Å². The van der Waals surface area contributed by atoms with Crippen LogP contribution < -0.4 is 0 Å². The van der Waals surface area contributed by atoms with E-state index in [2.05, 4.69) is 4.98 Å². The lowest BCUT2D eigenvalue weighted by Crippen LogP contribution is -2.00. The zero-order valence-electron chi connectivity index (χ0n) is 8.11. The quantitative estimate of drug-likeness (QED) is 0.763. The predicted molar refractivity (Wildman–Crippen MR) is 48.6 cm³/mol. The number of aliphatic carboxylic acids is 1. The van der Waals surface area contributed by atoms with Gasteiger partial charge in [0.15, 0.2) is 0 Å². The van der Waals surface area contributed by atoms with E-state index in [1.165, 1.54) is 0 Å². The van der Waals surface area contributed by atoms with Crippen molar-refractivity contribution in [2.45, 2.75) is 26.2 Å². The van der Waals surface area contributed by atoms with Crippen molar-refractivity contribution in [2.75, 3.05) is 0 Å². The molecule has 1 N–H and O–H groups in total. The summed E-state index contributed by atoms with van der Waals surface area (Å²) in [4.78, 5) is 14.6. The highest BCUT2D eigenvalue weighted by Gasteiger charge is 2.10. The maximum Gasteiger partial charge on any atom is 0.309 e. The van der Waals surface area contributed by atoms with E-state index in [-0.39, 0.29) is 6.42 Å². The Kier molecular flexibility index (Phi) is 2.70. The van der Waals surface area contributed by atoms with Crippen molar-refractivity contribution in [1.82, 2.24) is 9.55 Å². The number of rotatable bonds is 3. The first-order chi connectivity index (χ1) is 6.00. The molecule has 0 unspecified atom stereocenters. The summed E-state index contributed by atoms with van der Waals surface area (Å²) >= 11 is 0. The van der Waals surface area contributed by atoms with Gasteiger partial charge in [-0.15, -0.1) is 0 Å². The second-order valence-corrected chi connectivity index (χ2v) is 3.43. The highest BCUT2D eigenvalue weighted by atomic mass is 16.4. The number of carboxylic acids is 1. The van der Waals surface area contributed by atoms with Gasteiger partial charge in [-0.1, -0.05) is 13.8 Å². The Balaban J connectivity index is 2.88. The summed E-state index contributed by atoms with van der Waals surface area (Å²) in [6.07, 6.45) is 1.77. The summed E-state index contributed by atoms with van der Waals surface area (Å²) in [6, 6.07) is 0. The molecule has 1 rings (SSSR count). The zero-order valence-corrected chi connectivity index (χ0v) is 8.11. The number of aryl methyl sites for hydroxylation is 1. The molecule has 13 heavy (non-hydrogen) atoms. The lowest BCUT2D eigenvalue weighted by atomic mass is 10.2. The van der Waals surface area contributed by atoms with Crippen LogP contribution in [0.1, 0.15) is 31.3 Å². The molecule has 72 valence electrons. The summed E-state index contributed by atoms with van der Waals surface area (Å²) in [5, 5.41) is 8.56. The Morgan fingerprint density at radius 1 is 1.69 bits per heavy atom. The molecule has 4 nitrogen and oxygen atoms in total. The highest BCUT2D eigenvalue weighted by Crippen LogP contribution is 2.12. The first-order valence-corrected chi connectivity index (χ1v) is 4.24. The van der Waals surface area contributed by atoms with Crippen LogP contribution in [0.5, 0.6) is 0 Å². The lowest BCUT2D eigenvalue weighted by molar-refractivity contribution is -0.136. The number of hydrogen-bond donors (Lipinski definition) is 1. The van der Waals surface area contributed by atoms with Gasteiger partial charge in [0.05, 0.1) is 12.1 Å². The zero-order chi connectivity index (χ0) is 10.0. The van der Waals surface area contributed by atoms with Gasteiger partial charge >= 0.3 is 5.97 Å². The molecule has 0 saturated carbocycles. The SMILES string of the molecule is CC(C)c1nc(CC(=O)O)cn1C. The van der Waals surface area contributed by atoms with Gasteiger partial charge in [0.25, 0.3) is 0 Å². The molecule has 1 aromatic heterocycles. The molecule has 0 radical (unpaired) electrons. The van der Waals surface area contributed by atoms with Crippen LogP contribution >= 0.6 is 0 Å². The van der Waals surface area contributed by atoms with Gasteiger partial charge in [-0.2, -0.15) is 0 Å². The van der Waals surface area contributed by atoms with Crippen molar-refractivity contribution >= 4 is 5.97 Å². The number of hydrogen-bond acceptors (Lipinski definition) is 2. The topological polar surface area (TPSA) is 55.1 Å². The second kappa shape index (κ2) is 3.60. The van der Waals surface area contributed by atoms with Crippen LogP contribution in [0, 0.1) is 0 Å². The van der Waals surface area contributed by atoms with Gasteiger partial charge in [0, 0.05) is 19.2 Å². The third-order valence-corrected chi connectivity index (χ3v) is 1.81. The van der Waals surface area contributed by atoms with Crippen LogP contribution in [0.25, 0.3) is 0 Å². The Morgan fingerprint density at radius 3 is 2.69 bits per heavy atom. The summed E-state index contributed by atoms with van der Waals surface area (Å²) in [7, 11) is 1.88. The van der Waals surface area contributed by atoms with Crippen LogP contribution in [-0.2, 0) is 18.3 Å². The molecular formula is C9H14N2O2. The second-order valence-electron chi connectivity index (χ2n) is 3.43. The molecule has 0 amide bonds. The standard InChI is InChI=1S/C9H14N2O2/c1-6(2)9-10-7(4-8(12)13)5-11(9)3/h5-6H,4H2,1-3H3,(H,12,13). The van der Waals surface area contributed by atoms with Crippen molar-refractivity contribution in [3.8, 4) is 0 Å². The van der Waals surface area contributed by atoms with E-state index >= 15 is 0 Å². The number of carboxylic acid groups (broad SMARTS) is 1. The fraction of sp³-hybridized carbons (Fsp3) is 0.556. The molecule has 0 spiro atoms. The van der Waals surface area contributed by atoms with Crippen molar-refractivity contribution in [3.63, 3.8) is 0 Å². The molecule has 0 fully saturated rings. The Labute approximate surface area is 77.2 Å². The van der Waals surface area contributed by atoms with Crippen LogP contribution in [0.3, 0.4) is 0 Å². The first kappa shape index (κ1) is 9.77. The van der Waals surface area contributed by atoms with E-state index in [4.69, 9.17) is 5.11 Å². The van der Waals surface area contributed by atoms with Crippen LogP contribution in [0.2, 0.25) is 0 Å². The molecule has 0 aliphatic carbocycles. The van der Waals surface area contributed by atoms with Gasteiger partial charge in [-0.25, -0.2) is 4.98 Å². The molecule has 0 bridgehead atoms. The van der Waals surface area contributed by atoms with Crippen molar-refractivity contribution in [3.05, 3.63) is 17.7 Å². The Bertz CT molecular complexity index is 315. The molecule has 4 heteroatoms. The third kappa shape index (κ3) is 2.31. The van der Waals surface area contributed by atoms with E-state index < -0.39 is 5.97 Å². The Morgan fingerprint density at radius 2 is 2.31 bits per heavy atom. The van der Waals surface area contributed by atoms with Crippen molar-refractivity contribution in [1.29, 1.82) is 0 Å². The summed E-state index contributed by atoms with van der Waals surface area (Å²) in [6.45, 7) is 4.07. The number of carbonyl (C=O) groups is 1. The van der Waals surface area contributed by atoms with Crippen LogP contribution in [-0.4, -0.2) is 20.6 Å². The average molecular weight is 182 g/mol. The molecule has 0 aliphatic rings. The van der Waals surface area contributed by atoms with E-state index in [1.807, 2.05) is 25.5 Å². The van der Waals surface area contributed by atoms with E-state index in [0.717, 1.165) is 5.82 Å². The molecule has 0 aromatic carbocycles. The minimum absolute atomic E-state index is 0.000556. The molecule has 1 aromatic rings. The van der Waals surface area contributed by atoms with Crippen LogP contribution in [0.4, 0.5) is 0 Å². The first-order valence-electron chi connectivity index (χ1n) is 4.24. The Hall–Kier alpha value is -1.32. The van der Waals surface area contributed by atoms with Gasteiger partial charge in [-0.3, -0.25) is 4.79 Å². The van der Waals surface area contributed by atoms with Crippen LogP contribution in [0.15, 0.2) is 6.20 Å². The summed E-state index contributed by atoms with van der Waals surface area (Å²) in [5.74, 6) is 0.414. The molecular weight excluding hydrogens is 168 g/mol. The van der Waals surface area contributed by atoms with E-state index in [9.17, 15) is 4.79 Å². The number of aromatic nitrogens is 2. The predicted octanol–water partition coefficient (Wildman–Crippen LogP) is 1.17. The molecule has 0 aliphatic heterocycles. The third-order valence-electron chi connectivity index (χ3n) is 1.81. The fourth-order valence-corrected chi connectivity index (χ4v) is 1.32. The smallest absolute Gasteiger partial charge is 0.309 e. The lowest BCUT2D eigenvalue weighted by Gasteiger charge is -2.02. The number of nitrogens with zero attached hydrogens (tertiary/aromatic N) is 2. The molecule has 0 saturated heterocycles. The van der Waals surface area contributed by atoms with Gasteiger partial charge in [-0.05, 0) is 0 Å². The maximum absolute atomic E-state index is 10.4.